The van der Waals surface area contributed by atoms with Crippen molar-refractivity contribution in [1.82, 2.24) is 0 Å². The van der Waals surface area contributed by atoms with E-state index in [1.807, 2.05) is 0 Å². The summed E-state index contributed by atoms with van der Waals surface area (Å²) >= 11 is -0.556. The Hall–Kier alpha value is -2.61. The summed E-state index contributed by atoms with van der Waals surface area (Å²) in [6, 6.07) is 43.1. The van der Waals surface area contributed by atoms with E-state index in [1.54, 1.807) is 0 Å². The molecule has 0 aliphatic heterocycles. The molecular weight excluding hydrogens is 551 g/mol. The van der Waals surface area contributed by atoms with Gasteiger partial charge in [0, 0.05) is 0 Å². The third-order valence-corrected chi connectivity index (χ3v) is 6.31. The van der Waals surface area contributed by atoms with Gasteiger partial charge in [0.2, 0.25) is 0 Å². The predicted molar refractivity (Wildman–Crippen MR) is 171 cm³/mol. The van der Waals surface area contributed by atoms with E-state index in [-0.39, 0.29) is 0 Å². The van der Waals surface area contributed by atoms with E-state index >= 15 is 0 Å². The van der Waals surface area contributed by atoms with Crippen LogP contribution in [0.3, 0.4) is 0 Å². The van der Waals surface area contributed by atoms with Gasteiger partial charge in [-0.2, -0.15) is 18.6 Å². The number of hydrogen-bond donors (Lipinski definition) is 0. The molecule has 0 heterocycles. The molecule has 0 N–H and O–H groups in total. The molecule has 0 atom stereocenters. The van der Waals surface area contributed by atoms with Crippen LogP contribution in [0, 0.1) is 20.8 Å². The molecule has 39 heavy (non-hydrogen) atoms. The van der Waals surface area contributed by atoms with Crippen molar-refractivity contribution in [2.45, 2.75) is 33.6 Å². The summed E-state index contributed by atoms with van der Waals surface area (Å²) in [5.74, 6) is 0. The van der Waals surface area contributed by atoms with E-state index in [2.05, 4.69) is 149 Å². The molecule has 200 valence electrons. The molecule has 0 aliphatic rings. The van der Waals surface area contributed by atoms with E-state index in [4.69, 9.17) is 18.6 Å². The van der Waals surface area contributed by atoms with Gasteiger partial charge in [-0.25, -0.2) is 0 Å². The van der Waals surface area contributed by atoms with Gasteiger partial charge in [-0.05, 0) is 11.1 Å². The molecular formula is C36H35Cl2Ti-3. The van der Waals surface area contributed by atoms with Crippen molar-refractivity contribution in [3.05, 3.63) is 139 Å². The third-order valence-electron chi connectivity index (χ3n) is 6.31. The SMILES string of the molecule is Cc1cc2c(-c3ccccc3)cccc2[cH-]1.Cc1cc2c(-c3ccccc3)cccc2[cH-]1.[CH2-]CCC.[Cl][Ti][Cl]. The average molecular weight is 586 g/mol. The van der Waals surface area contributed by atoms with Gasteiger partial charge in [0.15, 0.2) is 0 Å². The van der Waals surface area contributed by atoms with Crippen molar-refractivity contribution in [3.8, 4) is 22.3 Å². The van der Waals surface area contributed by atoms with Crippen molar-refractivity contribution in [2.24, 2.45) is 0 Å². The van der Waals surface area contributed by atoms with Crippen LogP contribution in [-0.4, -0.2) is 0 Å². The van der Waals surface area contributed by atoms with Crippen molar-refractivity contribution >= 4 is 40.2 Å². The second-order valence-corrected chi connectivity index (χ2v) is 11.9. The Labute approximate surface area is 251 Å². The van der Waals surface area contributed by atoms with Crippen LogP contribution in [0.2, 0.25) is 0 Å². The molecule has 0 amide bonds. The number of halogens is 2. The maximum atomic E-state index is 4.89. The van der Waals surface area contributed by atoms with Crippen LogP contribution in [0.4, 0.5) is 0 Å². The number of benzene rings is 4. The van der Waals surface area contributed by atoms with Gasteiger partial charge in [-0.15, -0.1) is 69.1 Å². The topological polar surface area (TPSA) is 0 Å². The summed E-state index contributed by atoms with van der Waals surface area (Å²) in [6.45, 7) is 10.0. The Balaban J connectivity index is 0.000000175. The van der Waals surface area contributed by atoms with E-state index in [0.29, 0.717) is 0 Å². The Morgan fingerprint density at radius 1 is 0.615 bits per heavy atom. The molecule has 6 aromatic carbocycles. The molecule has 6 aromatic rings. The Morgan fingerprint density at radius 2 is 0.974 bits per heavy atom. The molecule has 0 bridgehead atoms. The maximum absolute atomic E-state index is 4.89. The summed E-state index contributed by atoms with van der Waals surface area (Å²) in [5, 5.41) is 5.37. The van der Waals surface area contributed by atoms with Gasteiger partial charge in [-0.3, -0.25) is 0 Å². The van der Waals surface area contributed by atoms with E-state index in [0.717, 1.165) is 6.42 Å². The monoisotopic (exact) mass is 585 g/mol. The van der Waals surface area contributed by atoms with Gasteiger partial charge in [0.25, 0.3) is 0 Å². The Morgan fingerprint density at radius 3 is 1.31 bits per heavy atom. The molecule has 0 saturated carbocycles. The standard InChI is InChI=1S/2C16H13.C4H9.2ClH.Ti/c2*1-12-10-14-8-5-9-15(16(14)11-12)13-6-3-2-4-7-13;1-3-4-2;;;/h2*2-11H,1H3;1,3-4H2,2H3;2*1H;/q3*-1;;;+2/p-2. The van der Waals surface area contributed by atoms with Crippen LogP contribution in [0.1, 0.15) is 30.9 Å². The van der Waals surface area contributed by atoms with Crippen molar-refractivity contribution in [2.75, 3.05) is 0 Å². The summed E-state index contributed by atoms with van der Waals surface area (Å²) in [4.78, 5) is 0. The number of hydrogen-bond acceptors (Lipinski definition) is 0. The van der Waals surface area contributed by atoms with Gasteiger partial charge in [0.1, 0.15) is 0 Å². The summed E-state index contributed by atoms with van der Waals surface area (Å²) < 4.78 is 0. The van der Waals surface area contributed by atoms with Gasteiger partial charge < -0.3 is 6.92 Å². The van der Waals surface area contributed by atoms with Gasteiger partial charge in [-0.1, -0.05) is 111 Å². The number of unbranched alkanes of at least 4 members (excludes halogenated alkanes) is 1. The van der Waals surface area contributed by atoms with E-state index in [1.165, 1.54) is 61.3 Å². The van der Waals surface area contributed by atoms with Crippen LogP contribution < -0.4 is 0 Å². The first-order valence-corrected chi connectivity index (χ1v) is 17.5. The normalized spacial score (nSPS) is 10.0. The minimum atomic E-state index is -0.556. The predicted octanol–water partition coefficient (Wildman–Crippen LogP) is 12.1. The van der Waals surface area contributed by atoms with Crippen LogP contribution in [0.25, 0.3) is 43.8 Å². The summed E-state index contributed by atoms with van der Waals surface area (Å²) in [5.41, 5.74) is 7.89. The zero-order valence-electron chi connectivity index (χ0n) is 22.9. The molecule has 6 rings (SSSR count). The molecule has 0 fully saturated rings. The molecule has 0 aliphatic carbocycles. The fourth-order valence-electron chi connectivity index (χ4n) is 4.51. The molecule has 3 heteroatoms. The van der Waals surface area contributed by atoms with Crippen LogP contribution >= 0.6 is 18.6 Å². The van der Waals surface area contributed by atoms with E-state index in [9.17, 15) is 0 Å². The summed E-state index contributed by atoms with van der Waals surface area (Å²) in [6.07, 6.45) is 2.28. The number of aryl methyl sites for hydroxylation is 2. The molecule has 0 aromatic heterocycles. The van der Waals surface area contributed by atoms with Crippen molar-refractivity contribution < 1.29 is 17.0 Å². The number of fused-ring (bicyclic) bond motifs is 2. The fourth-order valence-corrected chi connectivity index (χ4v) is 4.51. The Kier molecular flexibility index (Phi) is 13.1. The first-order chi connectivity index (χ1) is 19.0. The zero-order valence-corrected chi connectivity index (χ0v) is 26.0. The van der Waals surface area contributed by atoms with Crippen LogP contribution in [-0.2, 0) is 17.0 Å². The van der Waals surface area contributed by atoms with Gasteiger partial charge >= 0.3 is 35.6 Å². The number of rotatable bonds is 3. The van der Waals surface area contributed by atoms with Crippen LogP contribution in [0.5, 0.6) is 0 Å². The zero-order chi connectivity index (χ0) is 28.0. The van der Waals surface area contributed by atoms with Gasteiger partial charge in [0.05, 0.1) is 0 Å². The molecule has 0 radical (unpaired) electrons. The molecule has 0 unspecified atom stereocenters. The van der Waals surface area contributed by atoms with E-state index < -0.39 is 17.0 Å². The quantitative estimate of drug-likeness (QED) is 0.143. The average Bonchev–Trinajstić information content (AvgIpc) is 3.55. The molecule has 0 spiro atoms. The minimum absolute atomic E-state index is 0.556. The Bertz CT molecular complexity index is 1410. The first-order valence-electron chi connectivity index (χ1n) is 13.2. The third kappa shape index (κ3) is 8.95. The molecule has 0 nitrogen and oxygen atoms in total. The van der Waals surface area contributed by atoms with Crippen LogP contribution in [0.15, 0.2) is 121 Å². The fraction of sp³-hybridized carbons (Fsp3) is 0.139. The summed E-state index contributed by atoms with van der Waals surface area (Å²) in [7, 11) is 9.78. The second-order valence-electron chi connectivity index (χ2n) is 9.34. The molecule has 0 saturated heterocycles. The van der Waals surface area contributed by atoms with Crippen molar-refractivity contribution in [3.63, 3.8) is 0 Å². The first kappa shape index (κ1) is 30.9. The van der Waals surface area contributed by atoms with Crippen molar-refractivity contribution in [1.29, 1.82) is 0 Å². The second kappa shape index (κ2) is 16.5.